The van der Waals surface area contributed by atoms with Crippen molar-refractivity contribution in [1.82, 2.24) is 14.8 Å². The molecule has 2 aromatic carbocycles. The average molecular weight is 569 g/mol. The van der Waals surface area contributed by atoms with E-state index in [2.05, 4.69) is 93.5 Å². The van der Waals surface area contributed by atoms with Crippen LogP contribution in [0.15, 0.2) is 83.6 Å². The lowest BCUT2D eigenvalue weighted by molar-refractivity contribution is -0.0331. The van der Waals surface area contributed by atoms with Crippen LogP contribution < -0.4 is 4.90 Å². The first-order valence-electron chi connectivity index (χ1n) is 16.9. The Balaban J connectivity index is 1.08. The Bertz CT molecular complexity index is 1800. The molecule has 0 amide bonds. The van der Waals surface area contributed by atoms with E-state index in [1.54, 1.807) is 27.8 Å². The van der Waals surface area contributed by atoms with Gasteiger partial charge in [-0.25, -0.2) is 0 Å². The molecule has 7 aliphatic heterocycles. The summed E-state index contributed by atoms with van der Waals surface area (Å²) >= 11 is 0. The molecule has 4 fully saturated rings. The molecule has 8 aliphatic rings. The number of aromatic nitrogens is 1. The average Bonchev–Trinajstić information content (AvgIpc) is 3.67. The van der Waals surface area contributed by atoms with Crippen LogP contribution in [0.5, 0.6) is 0 Å². The molecule has 11 rings (SSSR count). The molecule has 3 aromatic rings. The minimum Gasteiger partial charge on any atom is -0.369 e. The van der Waals surface area contributed by atoms with Gasteiger partial charge in [-0.05, 0) is 73.9 Å². The number of nitrogens with one attached hydrogen (secondary N) is 1. The Labute approximate surface area is 253 Å². The summed E-state index contributed by atoms with van der Waals surface area (Å²) in [6.07, 6.45) is 12.6. The fraction of sp³-hybridized carbons (Fsp3) is 0.474. The first-order chi connectivity index (χ1) is 21.2. The molecule has 0 unspecified atom stereocenters. The Morgan fingerprint density at radius 1 is 1.00 bits per heavy atom. The van der Waals surface area contributed by atoms with Crippen LogP contribution in [0.3, 0.4) is 0 Å². The van der Waals surface area contributed by atoms with Gasteiger partial charge in [0.05, 0.1) is 24.8 Å². The summed E-state index contributed by atoms with van der Waals surface area (Å²) in [5, 5.41) is 1.43. The van der Waals surface area contributed by atoms with Crippen LogP contribution in [-0.4, -0.2) is 65.8 Å². The van der Waals surface area contributed by atoms with Crippen LogP contribution >= 0.6 is 0 Å². The lowest BCUT2D eigenvalue weighted by Crippen LogP contribution is -2.67. The summed E-state index contributed by atoms with van der Waals surface area (Å²) in [5.41, 5.74) is 12.5. The molecule has 3 saturated heterocycles. The third-order valence-electron chi connectivity index (χ3n) is 13.5. The van der Waals surface area contributed by atoms with E-state index in [0.29, 0.717) is 35.9 Å². The quantitative estimate of drug-likeness (QED) is 0.360. The van der Waals surface area contributed by atoms with E-state index in [1.165, 1.54) is 41.7 Å². The molecule has 1 saturated carbocycles. The van der Waals surface area contributed by atoms with Crippen LogP contribution in [0.25, 0.3) is 10.9 Å². The molecule has 8 atom stereocenters. The number of benzene rings is 2. The zero-order valence-corrected chi connectivity index (χ0v) is 25.0. The molecule has 0 radical (unpaired) electrons. The standard InChI is InChI=1S/C38H40N4O/c1-2-22-19-40-14-11-25-24-7-3-5-9-30(24)39-35(25)32(40)17-26(22)28-21-42-31-10-6-4-8-29(31)38-13-15-41-20-23-12-16-43-36(28)34(37(38)42)27(23)18-33(38)41/h2-10,12,21,26-27,32-34,36-37,39H,11,13-20H2,1H3/b22-2+/t26-,27-,32-,33-,34-,36+,37-,38+/m0/s1. The predicted octanol–water partition coefficient (Wildman–Crippen LogP) is 6.11. The fourth-order valence-corrected chi connectivity index (χ4v) is 11.9. The van der Waals surface area contributed by atoms with E-state index in [1.807, 2.05) is 0 Å². The molecule has 1 spiro atoms. The SMILES string of the molecule is C/C=C1\CN2CCc3c([nH]c4ccccc34)[C@@H]2C[C@@H]1C1=CN2c3ccccc3[C@@]34CCN5CC6=CCO[C@H]1[C@@H]([C@H]23)[C@H]6C[C@H]54. The van der Waals surface area contributed by atoms with Crippen LogP contribution in [0, 0.1) is 17.8 Å². The number of rotatable bonds is 1. The number of anilines is 1. The van der Waals surface area contributed by atoms with Crippen LogP contribution in [0.4, 0.5) is 5.69 Å². The topological polar surface area (TPSA) is 34.7 Å². The Morgan fingerprint density at radius 2 is 1.91 bits per heavy atom. The van der Waals surface area contributed by atoms with E-state index in [0.717, 1.165) is 39.1 Å². The summed E-state index contributed by atoms with van der Waals surface area (Å²) in [4.78, 5) is 12.3. The molecule has 2 bridgehead atoms. The number of hydrogen-bond donors (Lipinski definition) is 1. The van der Waals surface area contributed by atoms with Crippen molar-refractivity contribution in [2.45, 2.75) is 62.3 Å². The second-order valence-electron chi connectivity index (χ2n) is 14.7. The highest BCUT2D eigenvalue weighted by atomic mass is 16.5. The second-order valence-corrected chi connectivity index (χ2v) is 14.7. The van der Waals surface area contributed by atoms with Gasteiger partial charge in [0, 0.05) is 71.4 Å². The van der Waals surface area contributed by atoms with Gasteiger partial charge in [0.1, 0.15) is 0 Å². The summed E-state index contributed by atoms with van der Waals surface area (Å²) in [5.74, 6) is 1.56. The lowest BCUT2D eigenvalue weighted by atomic mass is 9.53. The summed E-state index contributed by atoms with van der Waals surface area (Å²) in [6, 6.07) is 20.0. The highest BCUT2D eigenvalue weighted by Crippen LogP contribution is 2.66. The number of fused-ring (bicyclic) bond motifs is 7. The fourth-order valence-electron chi connectivity index (χ4n) is 11.9. The van der Waals surface area contributed by atoms with Gasteiger partial charge in [-0.2, -0.15) is 0 Å². The molecule has 43 heavy (non-hydrogen) atoms. The van der Waals surface area contributed by atoms with Gasteiger partial charge in [0.15, 0.2) is 0 Å². The van der Waals surface area contributed by atoms with Gasteiger partial charge in [-0.15, -0.1) is 0 Å². The maximum absolute atomic E-state index is 7.10. The number of piperidine rings is 2. The van der Waals surface area contributed by atoms with E-state index in [-0.39, 0.29) is 11.5 Å². The maximum Gasteiger partial charge on any atom is 0.0866 e. The van der Waals surface area contributed by atoms with Gasteiger partial charge in [-0.3, -0.25) is 9.80 Å². The normalized spacial score (nSPS) is 39.7. The lowest BCUT2D eigenvalue weighted by Gasteiger charge is -2.59. The largest absolute Gasteiger partial charge is 0.369 e. The van der Waals surface area contributed by atoms with Gasteiger partial charge in [-0.1, -0.05) is 59.7 Å². The zero-order valence-electron chi connectivity index (χ0n) is 25.0. The monoisotopic (exact) mass is 568 g/mol. The third kappa shape index (κ3) is 2.86. The minimum absolute atomic E-state index is 0.191. The Hall–Kier alpha value is -3.12. The number of nitrogens with zero attached hydrogens (tertiary/aromatic N) is 3. The maximum atomic E-state index is 7.10. The van der Waals surface area contributed by atoms with Crippen LogP contribution in [-0.2, 0) is 16.6 Å². The number of aromatic amines is 1. The van der Waals surface area contributed by atoms with Crippen molar-refractivity contribution < 1.29 is 4.74 Å². The highest BCUT2D eigenvalue weighted by Gasteiger charge is 2.70. The van der Waals surface area contributed by atoms with Crippen molar-refractivity contribution in [3.05, 3.63) is 100 Å². The second kappa shape index (κ2) is 8.32. The van der Waals surface area contributed by atoms with E-state index >= 15 is 0 Å². The third-order valence-corrected chi connectivity index (χ3v) is 13.5. The van der Waals surface area contributed by atoms with Crippen molar-refractivity contribution in [3.8, 4) is 0 Å². The smallest absolute Gasteiger partial charge is 0.0866 e. The summed E-state index contributed by atoms with van der Waals surface area (Å²) < 4.78 is 7.10. The molecular weight excluding hydrogens is 528 g/mol. The molecule has 1 aliphatic carbocycles. The van der Waals surface area contributed by atoms with E-state index in [4.69, 9.17) is 4.74 Å². The van der Waals surface area contributed by atoms with Crippen molar-refractivity contribution in [1.29, 1.82) is 0 Å². The number of para-hydroxylation sites is 2. The predicted molar refractivity (Wildman–Crippen MR) is 170 cm³/mol. The van der Waals surface area contributed by atoms with E-state index < -0.39 is 0 Å². The number of hydrogen-bond acceptors (Lipinski definition) is 4. The number of ether oxygens (including phenoxy) is 1. The molecule has 218 valence electrons. The first-order valence-corrected chi connectivity index (χ1v) is 16.9. The van der Waals surface area contributed by atoms with Crippen LogP contribution in [0.2, 0.25) is 0 Å². The van der Waals surface area contributed by atoms with Gasteiger partial charge >= 0.3 is 0 Å². The highest BCUT2D eigenvalue weighted by molar-refractivity contribution is 5.85. The number of H-pyrrole nitrogens is 1. The first kappa shape index (κ1) is 24.2. The molecule has 5 heteroatoms. The summed E-state index contributed by atoms with van der Waals surface area (Å²) in [7, 11) is 0. The molecule has 8 heterocycles. The van der Waals surface area contributed by atoms with Gasteiger partial charge in [0.25, 0.3) is 0 Å². The van der Waals surface area contributed by atoms with Crippen molar-refractivity contribution in [2.75, 3.05) is 37.7 Å². The molecular formula is C38H40N4O. The molecule has 1 aromatic heterocycles. The van der Waals surface area contributed by atoms with E-state index in [9.17, 15) is 0 Å². The Morgan fingerprint density at radius 3 is 2.86 bits per heavy atom. The number of allylic oxidation sites excluding steroid dienone is 1. The van der Waals surface area contributed by atoms with Crippen molar-refractivity contribution >= 4 is 16.6 Å². The Kier molecular flexibility index (Phi) is 4.69. The van der Waals surface area contributed by atoms with Gasteiger partial charge < -0.3 is 14.6 Å². The molecule has 5 nitrogen and oxygen atoms in total. The minimum atomic E-state index is 0.191. The van der Waals surface area contributed by atoms with Gasteiger partial charge in [0.2, 0.25) is 0 Å². The van der Waals surface area contributed by atoms with Crippen molar-refractivity contribution in [2.24, 2.45) is 17.8 Å². The zero-order chi connectivity index (χ0) is 28.0. The molecule has 1 N–H and O–H groups in total. The van der Waals surface area contributed by atoms with Crippen LogP contribution in [0.1, 0.15) is 49.0 Å². The van der Waals surface area contributed by atoms with Crippen molar-refractivity contribution in [3.63, 3.8) is 0 Å². The summed E-state index contributed by atoms with van der Waals surface area (Å²) in [6.45, 7) is 7.63.